The molecule has 0 radical (unpaired) electrons. The number of rotatable bonds is 5. The number of benzene rings is 1. The molecule has 142 valence electrons. The van der Waals surface area contributed by atoms with E-state index in [1.165, 1.54) is 18.2 Å². The molecule has 2 atom stereocenters. The molecule has 0 aliphatic carbocycles. The maximum atomic E-state index is 13.2. The van der Waals surface area contributed by atoms with Crippen LogP contribution in [0.2, 0.25) is 0 Å². The summed E-state index contributed by atoms with van der Waals surface area (Å²) in [7, 11) is 0. The molecule has 27 heavy (non-hydrogen) atoms. The maximum absolute atomic E-state index is 13.2. The summed E-state index contributed by atoms with van der Waals surface area (Å²) in [5, 5.41) is 7.17. The van der Waals surface area contributed by atoms with E-state index in [-0.39, 0.29) is 36.1 Å². The first kappa shape index (κ1) is 18.8. The number of carbonyl (C=O) groups is 2. The smallest absolute Gasteiger partial charge is 0.244 e. The van der Waals surface area contributed by atoms with E-state index in [9.17, 15) is 14.0 Å². The van der Waals surface area contributed by atoms with Gasteiger partial charge in [0.2, 0.25) is 11.8 Å². The lowest BCUT2D eigenvalue weighted by molar-refractivity contribution is -0.134. The molecule has 1 fully saturated rings. The van der Waals surface area contributed by atoms with Crippen molar-refractivity contribution in [2.24, 2.45) is 0 Å². The molecule has 0 spiro atoms. The van der Waals surface area contributed by atoms with Gasteiger partial charge in [0, 0.05) is 25.2 Å². The van der Waals surface area contributed by atoms with Crippen LogP contribution in [0.1, 0.15) is 23.6 Å². The molecule has 7 heteroatoms. The van der Waals surface area contributed by atoms with Gasteiger partial charge in [-0.15, -0.1) is 0 Å². The van der Waals surface area contributed by atoms with Crippen LogP contribution in [0.25, 0.3) is 0 Å². The van der Waals surface area contributed by atoms with E-state index < -0.39 is 0 Å². The zero-order valence-corrected chi connectivity index (χ0v) is 15.3. The Morgan fingerprint density at radius 3 is 2.70 bits per heavy atom. The minimum absolute atomic E-state index is 0.00509. The SMILES string of the molecule is C=CC(=O)N[C@H]1CN(C(=O)Cn2ccc(C)n2)CC[C@@H]1c1ccc(F)cc1. The Labute approximate surface area is 157 Å². The Hall–Kier alpha value is -2.96. The molecule has 1 aromatic carbocycles. The summed E-state index contributed by atoms with van der Waals surface area (Å²) in [6, 6.07) is 7.88. The van der Waals surface area contributed by atoms with Crippen molar-refractivity contribution in [3.8, 4) is 0 Å². The molecule has 6 nitrogen and oxygen atoms in total. The summed E-state index contributed by atoms with van der Waals surface area (Å²) in [6.45, 7) is 6.49. The number of nitrogens with zero attached hydrogens (tertiary/aromatic N) is 3. The van der Waals surface area contributed by atoms with Crippen molar-refractivity contribution >= 4 is 11.8 Å². The quantitative estimate of drug-likeness (QED) is 0.819. The van der Waals surface area contributed by atoms with Crippen molar-refractivity contribution in [3.05, 3.63) is 66.3 Å². The lowest BCUT2D eigenvalue weighted by Crippen LogP contribution is -2.53. The highest BCUT2D eigenvalue weighted by molar-refractivity contribution is 5.87. The van der Waals surface area contributed by atoms with Crippen LogP contribution in [0.15, 0.2) is 49.2 Å². The lowest BCUT2D eigenvalue weighted by Gasteiger charge is -2.39. The van der Waals surface area contributed by atoms with Gasteiger partial charge in [-0.25, -0.2) is 4.39 Å². The van der Waals surface area contributed by atoms with E-state index in [1.54, 1.807) is 27.9 Å². The number of aromatic nitrogens is 2. The third kappa shape index (κ3) is 4.61. The summed E-state index contributed by atoms with van der Waals surface area (Å²) in [5.41, 5.74) is 1.80. The molecule has 2 aromatic rings. The molecule has 2 heterocycles. The van der Waals surface area contributed by atoms with Crippen molar-refractivity contribution in [3.63, 3.8) is 0 Å². The van der Waals surface area contributed by atoms with Crippen LogP contribution < -0.4 is 5.32 Å². The van der Waals surface area contributed by atoms with E-state index >= 15 is 0 Å². The largest absolute Gasteiger partial charge is 0.347 e. The second kappa shape index (κ2) is 8.16. The number of nitrogens with one attached hydrogen (secondary N) is 1. The monoisotopic (exact) mass is 370 g/mol. The van der Waals surface area contributed by atoms with Crippen molar-refractivity contribution in [2.75, 3.05) is 13.1 Å². The molecular weight excluding hydrogens is 347 g/mol. The molecular formula is C20H23FN4O2. The van der Waals surface area contributed by atoms with Crippen molar-refractivity contribution in [1.82, 2.24) is 20.0 Å². The molecule has 1 saturated heterocycles. The fourth-order valence-electron chi connectivity index (χ4n) is 3.47. The number of halogens is 1. The molecule has 1 N–H and O–H groups in total. The molecule has 0 bridgehead atoms. The van der Waals surface area contributed by atoms with Gasteiger partial charge in [-0.2, -0.15) is 5.10 Å². The van der Waals surface area contributed by atoms with Gasteiger partial charge in [0.05, 0.1) is 11.7 Å². The maximum Gasteiger partial charge on any atom is 0.244 e. The number of carbonyl (C=O) groups excluding carboxylic acids is 2. The Morgan fingerprint density at radius 2 is 2.07 bits per heavy atom. The van der Waals surface area contributed by atoms with Gasteiger partial charge >= 0.3 is 0 Å². The van der Waals surface area contributed by atoms with E-state index in [2.05, 4.69) is 17.0 Å². The fourth-order valence-corrected chi connectivity index (χ4v) is 3.47. The van der Waals surface area contributed by atoms with Crippen LogP contribution in [0.5, 0.6) is 0 Å². The number of likely N-dealkylation sites (tertiary alicyclic amines) is 1. The van der Waals surface area contributed by atoms with Gasteiger partial charge in [-0.1, -0.05) is 18.7 Å². The third-order valence-corrected chi connectivity index (χ3v) is 4.85. The molecule has 0 saturated carbocycles. The molecule has 1 aliphatic rings. The average Bonchev–Trinajstić information content (AvgIpc) is 3.07. The van der Waals surface area contributed by atoms with E-state index in [4.69, 9.17) is 0 Å². The van der Waals surface area contributed by atoms with Crippen molar-refractivity contribution in [2.45, 2.75) is 31.8 Å². The Kier molecular flexibility index (Phi) is 5.69. The van der Waals surface area contributed by atoms with Crippen molar-refractivity contribution in [1.29, 1.82) is 0 Å². The third-order valence-electron chi connectivity index (χ3n) is 4.85. The van der Waals surface area contributed by atoms with E-state index in [0.717, 1.165) is 11.3 Å². The molecule has 2 amide bonds. The second-order valence-electron chi connectivity index (χ2n) is 6.76. The predicted octanol–water partition coefficient (Wildman–Crippen LogP) is 2.02. The Balaban J connectivity index is 1.73. The Bertz CT molecular complexity index is 831. The first-order valence-corrected chi connectivity index (χ1v) is 8.92. The average molecular weight is 370 g/mol. The number of amides is 2. The van der Waals surface area contributed by atoms with Gasteiger partial charge in [-0.3, -0.25) is 14.3 Å². The summed E-state index contributed by atoms with van der Waals surface area (Å²) in [4.78, 5) is 26.3. The minimum atomic E-state index is -0.299. The summed E-state index contributed by atoms with van der Waals surface area (Å²) < 4.78 is 14.9. The topological polar surface area (TPSA) is 67.2 Å². The van der Waals surface area contributed by atoms with Crippen molar-refractivity contribution < 1.29 is 14.0 Å². The molecule has 1 aliphatic heterocycles. The molecule has 3 rings (SSSR count). The second-order valence-corrected chi connectivity index (χ2v) is 6.76. The lowest BCUT2D eigenvalue weighted by atomic mass is 9.85. The summed E-state index contributed by atoms with van der Waals surface area (Å²) in [6.07, 6.45) is 3.67. The van der Waals surface area contributed by atoms with Gasteiger partial charge in [0.15, 0.2) is 0 Å². The highest BCUT2D eigenvalue weighted by atomic mass is 19.1. The first-order valence-electron chi connectivity index (χ1n) is 8.92. The molecule has 0 unspecified atom stereocenters. The highest BCUT2D eigenvalue weighted by Crippen LogP contribution is 2.29. The van der Waals surface area contributed by atoms with Gasteiger partial charge in [0.25, 0.3) is 0 Å². The Morgan fingerprint density at radius 1 is 1.33 bits per heavy atom. The number of hydrogen-bond acceptors (Lipinski definition) is 3. The van der Waals surface area contributed by atoms with E-state index in [0.29, 0.717) is 19.5 Å². The van der Waals surface area contributed by atoms with Crippen LogP contribution in [0, 0.1) is 12.7 Å². The van der Waals surface area contributed by atoms with Crippen LogP contribution >= 0.6 is 0 Å². The summed E-state index contributed by atoms with van der Waals surface area (Å²) in [5.74, 6) is -0.629. The van der Waals surface area contributed by atoms with Crippen LogP contribution in [0.3, 0.4) is 0 Å². The van der Waals surface area contributed by atoms with Crippen LogP contribution in [-0.4, -0.2) is 45.6 Å². The van der Waals surface area contributed by atoms with Crippen LogP contribution in [0.4, 0.5) is 4.39 Å². The van der Waals surface area contributed by atoms with Gasteiger partial charge < -0.3 is 10.2 Å². The zero-order valence-electron chi connectivity index (χ0n) is 15.3. The predicted molar refractivity (Wildman–Crippen MR) is 99.4 cm³/mol. The minimum Gasteiger partial charge on any atom is -0.347 e. The number of aryl methyl sites for hydroxylation is 1. The van der Waals surface area contributed by atoms with Gasteiger partial charge in [-0.05, 0) is 43.2 Å². The highest BCUT2D eigenvalue weighted by Gasteiger charge is 2.33. The standard InChI is InChI=1S/C20H23FN4O2/c1-3-19(26)22-18-12-24(20(27)13-25-11-8-14(2)23-25)10-9-17(18)15-4-6-16(21)7-5-15/h3-8,11,17-18H,1,9-10,12-13H2,2H3,(H,22,26)/t17-,18+/m1/s1. The number of piperidine rings is 1. The first-order chi connectivity index (χ1) is 13.0. The molecule has 1 aromatic heterocycles. The van der Waals surface area contributed by atoms with E-state index in [1.807, 2.05) is 13.0 Å². The van der Waals surface area contributed by atoms with Crippen LogP contribution in [-0.2, 0) is 16.1 Å². The summed E-state index contributed by atoms with van der Waals surface area (Å²) >= 11 is 0. The van der Waals surface area contributed by atoms with Gasteiger partial charge in [0.1, 0.15) is 12.4 Å². The fraction of sp³-hybridized carbons (Fsp3) is 0.350. The normalized spacial score (nSPS) is 19.6. The number of hydrogen-bond donors (Lipinski definition) is 1. The zero-order chi connectivity index (χ0) is 19.4.